The molecule has 0 radical (unpaired) electrons. The highest BCUT2D eigenvalue weighted by atomic mass is 16.5. The van der Waals surface area contributed by atoms with E-state index in [0.29, 0.717) is 31.2 Å². The summed E-state index contributed by atoms with van der Waals surface area (Å²) in [7, 11) is 0. The van der Waals surface area contributed by atoms with Gasteiger partial charge in [-0.1, -0.05) is 0 Å². The molecule has 0 aliphatic carbocycles. The molecule has 0 aromatic carbocycles. The van der Waals surface area contributed by atoms with Crippen LogP contribution in [0, 0.1) is 0 Å². The number of rotatable bonds is 7. The minimum atomic E-state index is -0.00983. The molecule has 0 saturated carbocycles. The van der Waals surface area contributed by atoms with Crippen molar-refractivity contribution in [3.8, 4) is 11.5 Å². The summed E-state index contributed by atoms with van der Waals surface area (Å²) in [6.07, 6.45) is 4.10. The second-order valence-corrected chi connectivity index (χ2v) is 5.55. The lowest BCUT2D eigenvalue weighted by Crippen LogP contribution is -2.41. The first-order valence-corrected chi connectivity index (χ1v) is 8.11. The number of ether oxygens (including phenoxy) is 1. The normalized spacial score (nSPS) is 15.3. The SMILES string of the molecule is O=C(CCc1nnc(-c2cccnc2)o1)NCCN1CCOCC1. The zero-order valence-corrected chi connectivity index (χ0v) is 13.5. The van der Waals surface area contributed by atoms with Crippen molar-refractivity contribution in [3.63, 3.8) is 0 Å². The summed E-state index contributed by atoms with van der Waals surface area (Å²) >= 11 is 0. The Hall–Kier alpha value is -2.32. The van der Waals surface area contributed by atoms with Gasteiger partial charge in [0.25, 0.3) is 0 Å². The van der Waals surface area contributed by atoms with Crippen LogP contribution in [0.5, 0.6) is 0 Å². The highest BCUT2D eigenvalue weighted by molar-refractivity contribution is 5.76. The monoisotopic (exact) mass is 331 g/mol. The molecule has 1 aliphatic heterocycles. The smallest absolute Gasteiger partial charge is 0.249 e. The van der Waals surface area contributed by atoms with E-state index in [1.165, 1.54) is 0 Å². The van der Waals surface area contributed by atoms with Crippen LogP contribution in [0.2, 0.25) is 0 Å². The van der Waals surface area contributed by atoms with E-state index >= 15 is 0 Å². The van der Waals surface area contributed by atoms with Gasteiger partial charge in [0, 0.05) is 51.4 Å². The van der Waals surface area contributed by atoms with E-state index in [-0.39, 0.29) is 5.91 Å². The summed E-state index contributed by atoms with van der Waals surface area (Å²) in [6, 6.07) is 3.66. The number of carbonyl (C=O) groups is 1. The predicted molar refractivity (Wildman–Crippen MR) is 86.1 cm³/mol. The second kappa shape index (κ2) is 8.51. The first-order chi connectivity index (χ1) is 11.8. The van der Waals surface area contributed by atoms with Gasteiger partial charge in [0.05, 0.1) is 18.8 Å². The Morgan fingerprint density at radius 2 is 2.17 bits per heavy atom. The number of carbonyl (C=O) groups excluding carboxylic acids is 1. The fraction of sp³-hybridized carbons (Fsp3) is 0.500. The molecule has 3 heterocycles. The standard InChI is InChI=1S/C16H21N5O3/c22-14(18-6-7-21-8-10-23-11-9-21)3-4-15-19-20-16(24-15)13-2-1-5-17-12-13/h1-2,5,12H,3-4,6-11H2,(H,18,22). The molecule has 2 aromatic rings. The first kappa shape index (κ1) is 16.5. The zero-order valence-electron chi connectivity index (χ0n) is 13.5. The third-order valence-corrected chi connectivity index (χ3v) is 3.80. The van der Waals surface area contributed by atoms with Crippen LogP contribution in [-0.4, -0.2) is 65.4 Å². The third kappa shape index (κ3) is 4.84. The van der Waals surface area contributed by atoms with Crippen molar-refractivity contribution in [1.82, 2.24) is 25.4 Å². The molecule has 8 nitrogen and oxygen atoms in total. The van der Waals surface area contributed by atoms with Crippen LogP contribution in [0.3, 0.4) is 0 Å². The highest BCUT2D eigenvalue weighted by Gasteiger charge is 2.12. The number of nitrogens with one attached hydrogen (secondary N) is 1. The van der Waals surface area contributed by atoms with E-state index in [1.807, 2.05) is 6.07 Å². The molecule has 8 heteroatoms. The maximum Gasteiger partial charge on any atom is 0.249 e. The molecule has 2 aromatic heterocycles. The fourth-order valence-corrected chi connectivity index (χ4v) is 2.45. The first-order valence-electron chi connectivity index (χ1n) is 8.11. The molecule has 0 bridgehead atoms. The van der Waals surface area contributed by atoms with Gasteiger partial charge < -0.3 is 14.5 Å². The number of nitrogens with zero attached hydrogens (tertiary/aromatic N) is 4. The largest absolute Gasteiger partial charge is 0.421 e. The lowest BCUT2D eigenvalue weighted by molar-refractivity contribution is -0.121. The van der Waals surface area contributed by atoms with Crippen molar-refractivity contribution >= 4 is 5.91 Å². The lowest BCUT2D eigenvalue weighted by Gasteiger charge is -2.26. The van der Waals surface area contributed by atoms with Crippen LogP contribution < -0.4 is 5.32 Å². The van der Waals surface area contributed by atoms with E-state index in [2.05, 4.69) is 25.4 Å². The van der Waals surface area contributed by atoms with Crippen molar-refractivity contribution in [2.24, 2.45) is 0 Å². The van der Waals surface area contributed by atoms with Crippen LogP contribution in [0.15, 0.2) is 28.9 Å². The van der Waals surface area contributed by atoms with Crippen molar-refractivity contribution < 1.29 is 13.9 Å². The fourth-order valence-electron chi connectivity index (χ4n) is 2.45. The number of hydrogen-bond donors (Lipinski definition) is 1. The quantitative estimate of drug-likeness (QED) is 0.790. The Balaban J connectivity index is 1.38. The van der Waals surface area contributed by atoms with Gasteiger partial charge in [-0.3, -0.25) is 14.7 Å². The van der Waals surface area contributed by atoms with Gasteiger partial charge in [-0.05, 0) is 12.1 Å². The summed E-state index contributed by atoms with van der Waals surface area (Å²) in [5, 5.41) is 10.9. The molecule has 0 spiro atoms. The Morgan fingerprint density at radius 3 is 2.96 bits per heavy atom. The second-order valence-electron chi connectivity index (χ2n) is 5.55. The van der Waals surface area contributed by atoms with Gasteiger partial charge in [0.2, 0.25) is 17.7 Å². The van der Waals surface area contributed by atoms with Crippen molar-refractivity contribution in [2.45, 2.75) is 12.8 Å². The van der Waals surface area contributed by atoms with Crippen LogP contribution in [0.25, 0.3) is 11.5 Å². The van der Waals surface area contributed by atoms with E-state index in [4.69, 9.17) is 9.15 Å². The number of pyridine rings is 1. The average Bonchev–Trinajstić information content (AvgIpc) is 3.11. The molecular formula is C16H21N5O3. The van der Waals surface area contributed by atoms with Gasteiger partial charge in [0.1, 0.15) is 0 Å². The molecule has 1 amide bonds. The van der Waals surface area contributed by atoms with E-state index in [0.717, 1.165) is 38.4 Å². The zero-order chi connectivity index (χ0) is 16.6. The van der Waals surface area contributed by atoms with E-state index in [9.17, 15) is 4.79 Å². The Labute approximate surface area is 140 Å². The lowest BCUT2D eigenvalue weighted by atomic mass is 10.3. The van der Waals surface area contributed by atoms with Gasteiger partial charge in [-0.2, -0.15) is 0 Å². The summed E-state index contributed by atoms with van der Waals surface area (Å²) in [5.41, 5.74) is 0.770. The molecular weight excluding hydrogens is 310 g/mol. The molecule has 3 rings (SSSR count). The van der Waals surface area contributed by atoms with Crippen LogP contribution in [-0.2, 0) is 16.0 Å². The number of aryl methyl sites for hydroxylation is 1. The summed E-state index contributed by atoms with van der Waals surface area (Å²) in [5.74, 6) is 0.868. The highest BCUT2D eigenvalue weighted by Crippen LogP contribution is 2.16. The maximum atomic E-state index is 11.9. The van der Waals surface area contributed by atoms with E-state index in [1.54, 1.807) is 18.5 Å². The van der Waals surface area contributed by atoms with Gasteiger partial charge in [-0.15, -0.1) is 10.2 Å². The van der Waals surface area contributed by atoms with E-state index < -0.39 is 0 Å². The molecule has 1 fully saturated rings. The molecule has 0 unspecified atom stereocenters. The minimum Gasteiger partial charge on any atom is -0.421 e. The number of hydrogen-bond acceptors (Lipinski definition) is 7. The van der Waals surface area contributed by atoms with Gasteiger partial charge in [0.15, 0.2) is 0 Å². The third-order valence-electron chi connectivity index (χ3n) is 3.80. The van der Waals surface area contributed by atoms with Crippen LogP contribution in [0.1, 0.15) is 12.3 Å². The van der Waals surface area contributed by atoms with Crippen molar-refractivity contribution in [1.29, 1.82) is 0 Å². The number of amides is 1. The summed E-state index contributed by atoms with van der Waals surface area (Å²) in [6.45, 7) is 4.88. The molecule has 1 aliphatic rings. The number of aromatic nitrogens is 3. The van der Waals surface area contributed by atoms with Crippen LogP contribution in [0.4, 0.5) is 0 Å². The average molecular weight is 331 g/mol. The summed E-state index contributed by atoms with van der Waals surface area (Å²) < 4.78 is 10.8. The minimum absolute atomic E-state index is 0.00983. The number of morpholine rings is 1. The Bertz CT molecular complexity index is 640. The maximum absolute atomic E-state index is 11.9. The molecule has 128 valence electrons. The molecule has 24 heavy (non-hydrogen) atoms. The Kier molecular flexibility index (Phi) is 5.86. The molecule has 0 atom stereocenters. The van der Waals surface area contributed by atoms with Crippen LogP contribution >= 0.6 is 0 Å². The molecule has 1 N–H and O–H groups in total. The predicted octanol–water partition coefficient (Wildman–Crippen LogP) is 0.513. The van der Waals surface area contributed by atoms with Gasteiger partial charge >= 0.3 is 0 Å². The van der Waals surface area contributed by atoms with Crippen molar-refractivity contribution in [3.05, 3.63) is 30.4 Å². The molecule has 1 saturated heterocycles. The Morgan fingerprint density at radius 1 is 1.29 bits per heavy atom. The topological polar surface area (TPSA) is 93.4 Å². The van der Waals surface area contributed by atoms with Crippen molar-refractivity contribution in [2.75, 3.05) is 39.4 Å². The van der Waals surface area contributed by atoms with Gasteiger partial charge in [-0.25, -0.2) is 0 Å². The summed E-state index contributed by atoms with van der Waals surface area (Å²) in [4.78, 5) is 18.2.